The third-order valence-corrected chi connectivity index (χ3v) is 6.26. The second-order valence-corrected chi connectivity index (χ2v) is 8.22. The summed E-state index contributed by atoms with van der Waals surface area (Å²) in [6, 6.07) is 17.6. The molecule has 6 heteroatoms. The molecule has 4 rings (SSSR count). The van der Waals surface area contributed by atoms with Crippen LogP contribution in [-0.2, 0) is 13.0 Å². The van der Waals surface area contributed by atoms with E-state index in [9.17, 15) is 4.79 Å². The first-order chi connectivity index (χ1) is 14.6. The highest BCUT2D eigenvalue weighted by atomic mass is 32.1. The number of para-hydroxylation sites is 1. The summed E-state index contributed by atoms with van der Waals surface area (Å²) in [7, 11) is 1.63. The van der Waals surface area contributed by atoms with Gasteiger partial charge in [0.2, 0.25) is 0 Å². The number of amides is 2. The van der Waals surface area contributed by atoms with Gasteiger partial charge in [0.05, 0.1) is 13.7 Å². The van der Waals surface area contributed by atoms with Crippen LogP contribution in [-0.4, -0.2) is 29.6 Å². The van der Waals surface area contributed by atoms with E-state index in [1.807, 2.05) is 47.5 Å². The topological polar surface area (TPSA) is 57.4 Å². The highest BCUT2D eigenvalue weighted by molar-refractivity contribution is 7.10. The number of carbonyl (C=O) groups is 1. The zero-order valence-electron chi connectivity index (χ0n) is 17.1. The van der Waals surface area contributed by atoms with Crippen molar-refractivity contribution in [2.45, 2.75) is 19.9 Å². The van der Waals surface area contributed by atoms with Crippen molar-refractivity contribution in [3.63, 3.8) is 0 Å². The van der Waals surface area contributed by atoms with Gasteiger partial charge in [-0.1, -0.05) is 18.2 Å². The average Bonchev–Trinajstić information content (AvgIpc) is 3.37. The monoisotopic (exact) mass is 419 g/mol. The number of benzene rings is 2. The second kappa shape index (κ2) is 9.05. The molecule has 0 aliphatic rings. The Morgan fingerprint density at radius 3 is 2.67 bits per heavy atom. The molecule has 154 valence electrons. The molecule has 0 bridgehead atoms. The summed E-state index contributed by atoms with van der Waals surface area (Å²) < 4.78 is 5.20. The number of aromatic nitrogens is 1. The average molecular weight is 420 g/mol. The molecule has 2 aromatic heterocycles. The Kier molecular flexibility index (Phi) is 6.05. The number of hydrogen-bond donors (Lipinski definition) is 2. The van der Waals surface area contributed by atoms with E-state index in [0.29, 0.717) is 13.1 Å². The molecular weight excluding hydrogens is 394 g/mol. The summed E-state index contributed by atoms with van der Waals surface area (Å²) in [5.74, 6) is 0.762. The van der Waals surface area contributed by atoms with Gasteiger partial charge in [-0.25, -0.2) is 4.79 Å². The smallest absolute Gasteiger partial charge is 0.322 e. The van der Waals surface area contributed by atoms with Crippen LogP contribution in [0.4, 0.5) is 10.5 Å². The number of thiophene rings is 1. The Morgan fingerprint density at radius 2 is 1.93 bits per heavy atom. The Balaban J connectivity index is 1.50. The summed E-state index contributed by atoms with van der Waals surface area (Å²) >= 11 is 1.69. The molecule has 0 aliphatic carbocycles. The van der Waals surface area contributed by atoms with Crippen LogP contribution in [0.25, 0.3) is 10.9 Å². The lowest BCUT2D eigenvalue weighted by Crippen LogP contribution is -2.36. The molecule has 0 radical (unpaired) electrons. The van der Waals surface area contributed by atoms with Crippen LogP contribution in [0.1, 0.15) is 16.0 Å². The number of nitrogens with zero attached hydrogens (tertiary/aromatic N) is 1. The molecule has 30 heavy (non-hydrogen) atoms. The lowest BCUT2D eigenvalue weighted by Gasteiger charge is -2.23. The Labute approximate surface area is 180 Å². The maximum absolute atomic E-state index is 13.1. The molecule has 0 spiro atoms. The Bertz CT molecular complexity index is 1130. The van der Waals surface area contributed by atoms with Crippen molar-refractivity contribution in [2.24, 2.45) is 0 Å². The largest absolute Gasteiger partial charge is 0.497 e. The number of carbonyl (C=O) groups excluding carboxylic acids is 1. The van der Waals surface area contributed by atoms with Crippen LogP contribution in [0.15, 0.2) is 66.2 Å². The van der Waals surface area contributed by atoms with E-state index in [-0.39, 0.29) is 6.03 Å². The normalized spacial score (nSPS) is 10.9. The predicted molar refractivity (Wildman–Crippen MR) is 123 cm³/mol. The Hall–Kier alpha value is -3.25. The van der Waals surface area contributed by atoms with Crippen LogP contribution in [0.3, 0.4) is 0 Å². The highest BCUT2D eigenvalue weighted by Gasteiger charge is 2.17. The molecule has 2 aromatic carbocycles. The lowest BCUT2D eigenvalue weighted by molar-refractivity contribution is 0.210. The summed E-state index contributed by atoms with van der Waals surface area (Å²) in [5, 5.41) is 6.30. The first-order valence-electron chi connectivity index (χ1n) is 9.92. The van der Waals surface area contributed by atoms with Gasteiger partial charge >= 0.3 is 6.03 Å². The van der Waals surface area contributed by atoms with Gasteiger partial charge in [0.1, 0.15) is 5.75 Å². The number of hydrogen-bond acceptors (Lipinski definition) is 3. The van der Waals surface area contributed by atoms with Crippen LogP contribution in [0, 0.1) is 6.92 Å². The van der Waals surface area contributed by atoms with E-state index in [4.69, 9.17) is 4.74 Å². The van der Waals surface area contributed by atoms with Crippen molar-refractivity contribution in [3.8, 4) is 5.75 Å². The summed E-state index contributed by atoms with van der Waals surface area (Å²) in [6.45, 7) is 3.31. The van der Waals surface area contributed by atoms with Gasteiger partial charge in [-0.2, -0.15) is 0 Å². The van der Waals surface area contributed by atoms with Gasteiger partial charge in [0.25, 0.3) is 0 Å². The van der Waals surface area contributed by atoms with E-state index in [1.54, 1.807) is 18.4 Å². The van der Waals surface area contributed by atoms with Gasteiger partial charge in [-0.3, -0.25) is 0 Å². The molecule has 0 saturated carbocycles. The van der Waals surface area contributed by atoms with Gasteiger partial charge < -0.3 is 19.9 Å². The van der Waals surface area contributed by atoms with E-state index in [1.165, 1.54) is 21.4 Å². The number of H-pyrrole nitrogens is 1. The predicted octanol–water partition coefficient (Wildman–Crippen LogP) is 5.82. The number of ether oxygens (including phenoxy) is 1. The number of nitrogens with one attached hydrogen (secondary N) is 2. The number of methoxy groups -OCH3 is 1. The molecule has 5 nitrogen and oxygen atoms in total. The number of anilines is 1. The van der Waals surface area contributed by atoms with Crippen molar-refractivity contribution < 1.29 is 9.53 Å². The molecule has 0 atom stereocenters. The van der Waals surface area contributed by atoms with Crippen molar-refractivity contribution in [1.29, 1.82) is 0 Å². The van der Waals surface area contributed by atoms with Crippen molar-refractivity contribution in [2.75, 3.05) is 19.0 Å². The summed E-state index contributed by atoms with van der Waals surface area (Å²) in [5.41, 5.74) is 4.31. The van der Waals surface area contributed by atoms with E-state index in [2.05, 4.69) is 40.8 Å². The number of fused-ring (bicyclic) bond motifs is 1. The van der Waals surface area contributed by atoms with Crippen LogP contribution < -0.4 is 10.1 Å². The molecule has 0 unspecified atom stereocenters. The SMILES string of the molecule is COc1ccc(NC(=O)N(CCc2c[nH]c3ccccc23)Cc2sccc2C)cc1. The maximum Gasteiger partial charge on any atom is 0.322 e. The molecule has 2 heterocycles. The van der Waals surface area contributed by atoms with Gasteiger partial charge in [-0.05, 0) is 66.2 Å². The minimum atomic E-state index is -0.104. The zero-order valence-corrected chi connectivity index (χ0v) is 18.0. The first kappa shape index (κ1) is 20.0. The molecule has 0 saturated heterocycles. The summed E-state index contributed by atoms with van der Waals surface area (Å²) in [6.07, 6.45) is 2.82. The van der Waals surface area contributed by atoms with Crippen molar-refractivity contribution in [3.05, 3.63) is 82.2 Å². The number of urea groups is 1. The van der Waals surface area contributed by atoms with Gasteiger partial charge in [-0.15, -0.1) is 11.3 Å². The second-order valence-electron chi connectivity index (χ2n) is 7.22. The van der Waals surface area contributed by atoms with Crippen molar-refractivity contribution in [1.82, 2.24) is 9.88 Å². The van der Waals surface area contributed by atoms with Gasteiger partial charge in [0.15, 0.2) is 0 Å². The molecule has 4 aromatic rings. The molecule has 2 amide bonds. The fourth-order valence-electron chi connectivity index (χ4n) is 3.46. The fourth-order valence-corrected chi connectivity index (χ4v) is 4.38. The van der Waals surface area contributed by atoms with Gasteiger partial charge in [0, 0.05) is 34.2 Å². The molecule has 2 N–H and O–H groups in total. The van der Waals surface area contributed by atoms with Crippen molar-refractivity contribution >= 4 is 34.0 Å². The van der Waals surface area contributed by atoms with E-state index in [0.717, 1.165) is 23.4 Å². The fraction of sp³-hybridized carbons (Fsp3) is 0.208. The highest BCUT2D eigenvalue weighted by Crippen LogP contribution is 2.22. The minimum Gasteiger partial charge on any atom is -0.497 e. The van der Waals surface area contributed by atoms with Crippen LogP contribution >= 0.6 is 11.3 Å². The third kappa shape index (κ3) is 4.49. The quantitative estimate of drug-likeness (QED) is 0.396. The molecule has 0 aliphatic heterocycles. The standard InChI is InChI=1S/C24H25N3O2S/c1-17-12-14-30-23(17)16-27(24(28)26-19-7-9-20(29-2)10-8-19)13-11-18-15-25-22-6-4-3-5-21(18)22/h3-10,12,14-15,25H,11,13,16H2,1-2H3,(H,26,28). The summed E-state index contributed by atoms with van der Waals surface area (Å²) in [4.78, 5) is 19.5. The Morgan fingerprint density at radius 1 is 1.13 bits per heavy atom. The number of aromatic amines is 1. The molecule has 0 fully saturated rings. The van der Waals surface area contributed by atoms with E-state index < -0.39 is 0 Å². The van der Waals surface area contributed by atoms with E-state index >= 15 is 0 Å². The maximum atomic E-state index is 13.1. The number of rotatable bonds is 7. The number of aryl methyl sites for hydroxylation is 1. The molecular formula is C24H25N3O2S. The first-order valence-corrected chi connectivity index (χ1v) is 10.8. The zero-order chi connectivity index (χ0) is 20.9. The lowest BCUT2D eigenvalue weighted by atomic mass is 10.1. The van der Waals surface area contributed by atoms with Crippen LogP contribution in [0.5, 0.6) is 5.75 Å². The minimum absolute atomic E-state index is 0.104. The van der Waals surface area contributed by atoms with Crippen LogP contribution in [0.2, 0.25) is 0 Å². The third-order valence-electron chi connectivity index (χ3n) is 5.26.